The largest absolute Gasteiger partial charge is 0.409 e. The third-order valence-electron chi connectivity index (χ3n) is 4.22. The first-order valence-corrected chi connectivity index (χ1v) is 7.09. The molecule has 1 aliphatic rings. The molecule has 2 rings (SSSR count). The van der Waals surface area contributed by atoms with Crippen molar-refractivity contribution in [3.8, 4) is 0 Å². The molecule has 1 aromatic rings. The van der Waals surface area contributed by atoms with Crippen molar-refractivity contribution in [2.45, 2.75) is 32.7 Å². The number of nitrogens with one attached hydrogen (secondary N) is 1. The van der Waals surface area contributed by atoms with E-state index in [4.69, 9.17) is 10.9 Å². The molecule has 1 fully saturated rings. The number of halogens is 1. The van der Waals surface area contributed by atoms with Crippen LogP contribution in [-0.2, 0) is 6.54 Å². The van der Waals surface area contributed by atoms with Gasteiger partial charge < -0.3 is 16.3 Å². The molecule has 0 aliphatic heterocycles. The van der Waals surface area contributed by atoms with Crippen LogP contribution in [0.4, 0.5) is 4.39 Å². The van der Waals surface area contributed by atoms with E-state index >= 15 is 0 Å². The fraction of sp³-hybridized carbons (Fsp3) is 0.533. The molecular formula is C15H22FN3O. The third kappa shape index (κ3) is 3.28. The van der Waals surface area contributed by atoms with Crippen LogP contribution in [0, 0.1) is 17.7 Å². The highest BCUT2D eigenvalue weighted by molar-refractivity contribution is 5.97. The molecule has 0 bridgehead atoms. The summed E-state index contributed by atoms with van der Waals surface area (Å²) in [6.45, 7) is 3.65. The average molecular weight is 279 g/mol. The maximum absolute atomic E-state index is 14.2. The van der Waals surface area contributed by atoms with E-state index in [1.54, 1.807) is 12.1 Å². The van der Waals surface area contributed by atoms with Gasteiger partial charge in [0.2, 0.25) is 0 Å². The van der Waals surface area contributed by atoms with Crippen molar-refractivity contribution < 1.29 is 9.60 Å². The van der Waals surface area contributed by atoms with Gasteiger partial charge in [0.05, 0.1) is 5.56 Å². The van der Waals surface area contributed by atoms with Crippen molar-refractivity contribution >= 4 is 5.84 Å². The Kier molecular flexibility index (Phi) is 4.95. The van der Waals surface area contributed by atoms with E-state index in [-0.39, 0.29) is 11.4 Å². The third-order valence-corrected chi connectivity index (χ3v) is 4.22. The van der Waals surface area contributed by atoms with Gasteiger partial charge in [0.25, 0.3) is 0 Å². The quantitative estimate of drug-likeness (QED) is 0.335. The standard InChI is InChI=1S/C15H22FN3O/c1-10-4-2-5-11(10)8-18-9-12-6-3-7-13(14(12)16)15(17)19-20/h3,6-7,10-11,18,20H,2,4-5,8-9H2,1H3,(H2,17,19). The first-order valence-electron chi connectivity index (χ1n) is 7.09. The van der Waals surface area contributed by atoms with Gasteiger partial charge in [-0.15, -0.1) is 0 Å². The Morgan fingerprint density at radius 3 is 2.95 bits per heavy atom. The summed E-state index contributed by atoms with van der Waals surface area (Å²) in [4.78, 5) is 0. The van der Waals surface area contributed by atoms with E-state index in [0.717, 1.165) is 12.5 Å². The van der Waals surface area contributed by atoms with Crippen molar-refractivity contribution in [3.05, 3.63) is 35.1 Å². The maximum Gasteiger partial charge on any atom is 0.173 e. The lowest BCUT2D eigenvalue weighted by Crippen LogP contribution is -2.25. The molecule has 4 nitrogen and oxygen atoms in total. The minimum Gasteiger partial charge on any atom is -0.409 e. The number of rotatable bonds is 5. The van der Waals surface area contributed by atoms with E-state index in [9.17, 15) is 4.39 Å². The lowest BCUT2D eigenvalue weighted by Gasteiger charge is -2.16. The normalized spacial score (nSPS) is 23.2. The number of hydrogen-bond donors (Lipinski definition) is 3. The van der Waals surface area contributed by atoms with E-state index in [2.05, 4.69) is 17.4 Å². The number of hydrogen-bond acceptors (Lipinski definition) is 3. The second-order valence-corrected chi connectivity index (χ2v) is 5.56. The SMILES string of the molecule is CC1CCCC1CNCc1cccc(/C(N)=N/O)c1F. The number of nitrogens with two attached hydrogens (primary N) is 1. The Balaban J connectivity index is 1.96. The molecule has 1 aliphatic carbocycles. The van der Waals surface area contributed by atoms with Crippen LogP contribution in [0.15, 0.2) is 23.4 Å². The molecule has 0 radical (unpaired) electrons. The molecule has 0 saturated heterocycles. The summed E-state index contributed by atoms with van der Waals surface area (Å²) < 4.78 is 14.2. The van der Waals surface area contributed by atoms with E-state index < -0.39 is 5.82 Å². The summed E-state index contributed by atoms with van der Waals surface area (Å²) in [7, 11) is 0. The minimum atomic E-state index is -0.422. The molecule has 0 amide bonds. The van der Waals surface area contributed by atoms with Gasteiger partial charge in [0.15, 0.2) is 5.84 Å². The zero-order valence-corrected chi connectivity index (χ0v) is 11.8. The van der Waals surface area contributed by atoms with Gasteiger partial charge in [-0.05, 0) is 30.9 Å². The molecule has 5 heteroatoms. The summed E-state index contributed by atoms with van der Waals surface area (Å²) in [5.41, 5.74) is 6.13. The van der Waals surface area contributed by atoms with E-state index in [0.29, 0.717) is 18.0 Å². The number of benzene rings is 1. The van der Waals surface area contributed by atoms with Gasteiger partial charge in [-0.25, -0.2) is 4.39 Å². The van der Waals surface area contributed by atoms with E-state index in [1.165, 1.54) is 25.3 Å². The Labute approximate surface area is 118 Å². The summed E-state index contributed by atoms with van der Waals surface area (Å²) in [5.74, 6) is 0.810. The molecule has 2 unspecified atom stereocenters. The molecule has 1 aromatic carbocycles. The molecule has 4 N–H and O–H groups in total. The van der Waals surface area contributed by atoms with Crippen molar-refractivity contribution in [3.63, 3.8) is 0 Å². The van der Waals surface area contributed by atoms with Crippen molar-refractivity contribution in [1.82, 2.24) is 5.32 Å². The van der Waals surface area contributed by atoms with Gasteiger partial charge >= 0.3 is 0 Å². The molecule has 20 heavy (non-hydrogen) atoms. The first kappa shape index (κ1) is 14.8. The molecular weight excluding hydrogens is 257 g/mol. The summed E-state index contributed by atoms with van der Waals surface area (Å²) >= 11 is 0. The van der Waals surface area contributed by atoms with Crippen molar-refractivity contribution in [2.75, 3.05) is 6.54 Å². The fourth-order valence-corrected chi connectivity index (χ4v) is 2.89. The number of amidine groups is 1. The van der Waals surface area contributed by atoms with Crippen LogP contribution in [0.3, 0.4) is 0 Å². The Morgan fingerprint density at radius 1 is 1.50 bits per heavy atom. The zero-order valence-electron chi connectivity index (χ0n) is 11.8. The van der Waals surface area contributed by atoms with Crippen LogP contribution < -0.4 is 11.1 Å². The molecule has 2 atom stereocenters. The smallest absolute Gasteiger partial charge is 0.173 e. The van der Waals surface area contributed by atoms with Crippen LogP contribution in [0.5, 0.6) is 0 Å². The predicted octanol–water partition coefficient (Wildman–Crippen LogP) is 2.45. The minimum absolute atomic E-state index is 0.140. The predicted molar refractivity (Wildman–Crippen MR) is 77.1 cm³/mol. The van der Waals surface area contributed by atoms with Crippen LogP contribution in [-0.4, -0.2) is 17.6 Å². The monoisotopic (exact) mass is 279 g/mol. The molecule has 0 spiro atoms. The zero-order chi connectivity index (χ0) is 14.5. The maximum atomic E-state index is 14.2. The second-order valence-electron chi connectivity index (χ2n) is 5.56. The highest BCUT2D eigenvalue weighted by Crippen LogP contribution is 2.30. The lowest BCUT2D eigenvalue weighted by molar-refractivity contribution is 0.318. The van der Waals surface area contributed by atoms with Gasteiger partial charge in [0, 0.05) is 12.1 Å². The molecule has 110 valence electrons. The van der Waals surface area contributed by atoms with Gasteiger partial charge in [-0.1, -0.05) is 37.1 Å². The Hall–Kier alpha value is -1.62. The van der Waals surface area contributed by atoms with Crippen molar-refractivity contribution in [1.29, 1.82) is 0 Å². The lowest BCUT2D eigenvalue weighted by atomic mass is 9.98. The molecule has 0 heterocycles. The number of oxime groups is 1. The summed E-state index contributed by atoms with van der Waals surface area (Å²) in [6, 6.07) is 4.94. The highest BCUT2D eigenvalue weighted by atomic mass is 19.1. The topological polar surface area (TPSA) is 70.6 Å². The van der Waals surface area contributed by atoms with Gasteiger partial charge in [0.1, 0.15) is 5.82 Å². The summed E-state index contributed by atoms with van der Waals surface area (Å²) in [6.07, 6.45) is 3.83. The second kappa shape index (κ2) is 6.70. The Morgan fingerprint density at radius 2 is 2.30 bits per heavy atom. The molecule has 0 aromatic heterocycles. The van der Waals surface area contributed by atoms with Crippen molar-refractivity contribution in [2.24, 2.45) is 22.7 Å². The molecule has 1 saturated carbocycles. The number of nitrogens with zero attached hydrogens (tertiary/aromatic N) is 1. The fourth-order valence-electron chi connectivity index (χ4n) is 2.89. The van der Waals surface area contributed by atoms with Crippen LogP contribution >= 0.6 is 0 Å². The summed E-state index contributed by atoms with van der Waals surface area (Å²) in [5, 5.41) is 14.8. The Bertz CT molecular complexity index is 490. The highest BCUT2D eigenvalue weighted by Gasteiger charge is 2.22. The first-order chi connectivity index (χ1) is 9.63. The van der Waals surface area contributed by atoms with Crippen LogP contribution in [0.2, 0.25) is 0 Å². The van der Waals surface area contributed by atoms with E-state index in [1.807, 2.05) is 0 Å². The van der Waals surface area contributed by atoms with Crippen LogP contribution in [0.1, 0.15) is 37.3 Å². The average Bonchev–Trinajstić information content (AvgIpc) is 2.85. The van der Waals surface area contributed by atoms with Gasteiger partial charge in [-0.3, -0.25) is 0 Å². The van der Waals surface area contributed by atoms with Crippen LogP contribution in [0.25, 0.3) is 0 Å². The van der Waals surface area contributed by atoms with Gasteiger partial charge in [-0.2, -0.15) is 0 Å².